The molecule has 1 saturated heterocycles. The third kappa shape index (κ3) is 3.02. The number of aliphatic hydroxyl groups is 1. The van der Waals surface area contributed by atoms with Gasteiger partial charge in [-0.05, 0) is 56.2 Å². The zero-order chi connectivity index (χ0) is 17.5. The van der Waals surface area contributed by atoms with Gasteiger partial charge in [0.15, 0.2) is 9.84 Å². The highest BCUT2D eigenvalue weighted by Gasteiger charge is 2.44. The quantitative estimate of drug-likeness (QED) is 0.832. The Morgan fingerprint density at radius 2 is 1.92 bits per heavy atom. The number of anilines is 1. The molecule has 1 aromatic carbocycles. The van der Waals surface area contributed by atoms with Crippen LogP contribution >= 0.6 is 0 Å². The van der Waals surface area contributed by atoms with Crippen LogP contribution in [-0.2, 0) is 9.84 Å². The van der Waals surface area contributed by atoms with E-state index in [0.29, 0.717) is 16.7 Å². The molecule has 1 aliphatic heterocycles. The van der Waals surface area contributed by atoms with E-state index in [0.717, 1.165) is 25.9 Å². The van der Waals surface area contributed by atoms with Gasteiger partial charge in [0, 0.05) is 13.1 Å². The van der Waals surface area contributed by atoms with Gasteiger partial charge in [-0.2, -0.15) is 0 Å². The average molecular weight is 352 g/mol. The molecule has 0 bridgehead atoms. The predicted octanol–water partition coefficient (Wildman–Crippen LogP) is 1.32. The van der Waals surface area contributed by atoms with Crippen molar-refractivity contribution >= 4 is 21.4 Å². The first-order valence-corrected chi connectivity index (χ1v) is 9.87. The van der Waals surface area contributed by atoms with Crippen LogP contribution in [0.3, 0.4) is 0 Å². The first kappa shape index (κ1) is 17.2. The van der Waals surface area contributed by atoms with Gasteiger partial charge in [0.25, 0.3) is 5.91 Å². The minimum atomic E-state index is -3.63. The number of sulfone groups is 1. The third-order valence-electron chi connectivity index (χ3n) is 5.47. The molecule has 0 aromatic heterocycles. The van der Waals surface area contributed by atoms with Crippen LogP contribution in [0.1, 0.15) is 43.0 Å². The van der Waals surface area contributed by atoms with E-state index in [4.69, 9.17) is 5.73 Å². The fourth-order valence-electron chi connectivity index (χ4n) is 3.39. The first-order valence-electron chi connectivity index (χ1n) is 8.33. The lowest BCUT2D eigenvalue weighted by atomic mass is 9.93. The van der Waals surface area contributed by atoms with Gasteiger partial charge in [0.1, 0.15) is 0 Å². The molecule has 1 spiro atoms. The number of rotatable bonds is 5. The van der Waals surface area contributed by atoms with Crippen LogP contribution in [0.15, 0.2) is 23.1 Å². The molecule has 6 nitrogen and oxygen atoms in total. The molecular formula is C17H24N2O4S. The summed E-state index contributed by atoms with van der Waals surface area (Å²) in [4.78, 5) is 13.9. The molecule has 1 unspecified atom stereocenters. The fraction of sp³-hybridized carbons (Fsp3) is 0.588. The van der Waals surface area contributed by atoms with Gasteiger partial charge in [0.05, 0.1) is 28.0 Å². The maximum Gasteiger partial charge on any atom is 0.250 e. The van der Waals surface area contributed by atoms with Crippen LogP contribution in [0.4, 0.5) is 5.69 Å². The van der Waals surface area contributed by atoms with Gasteiger partial charge in [-0.25, -0.2) is 8.42 Å². The fourth-order valence-corrected chi connectivity index (χ4v) is 4.58. The van der Waals surface area contributed by atoms with E-state index in [1.54, 1.807) is 0 Å². The Morgan fingerprint density at radius 1 is 1.29 bits per heavy atom. The Morgan fingerprint density at radius 3 is 2.42 bits per heavy atom. The maximum atomic E-state index is 12.5. The predicted molar refractivity (Wildman–Crippen MR) is 91.8 cm³/mol. The number of hydrogen-bond acceptors (Lipinski definition) is 5. The molecule has 0 radical (unpaired) electrons. The van der Waals surface area contributed by atoms with E-state index in [-0.39, 0.29) is 4.90 Å². The molecule has 3 N–H and O–H groups in total. The van der Waals surface area contributed by atoms with Gasteiger partial charge in [-0.1, -0.05) is 0 Å². The lowest BCUT2D eigenvalue weighted by Gasteiger charge is -2.35. The van der Waals surface area contributed by atoms with Crippen molar-refractivity contribution in [2.75, 3.05) is 24.6 Å². The van der Waals surface area contributed by atoms with Crippen LogP contribution in [0.25, 0.3) is 0 Å². The van der Waals surface area contributed by atoms with E-state index >= 15 is 0 Å². The van der Waals surface area contributed by atoms with E-state index in [2.05, 4.69) is 4.90 Å². The second-order valence-electron chi connectivity index (χ2n) is 7.07. The molecular weight excluding hydrogens is 328 g/mol. The summed E-state index contributed by atoms with van der Waals surface area (Å²) in [5.74, 6) is -0.559. The standard InChI is InChI=1S/C17H24N2O4S/c1-12(11-20)24(22,23)13-2-3-14(16(18)21)15(10-13)19-8-6-17(4-5-17)7-9-19/h2-3,10,12,20H,4-9,11H2,1H3,(H2,18,21). The number of carbonyl (C=O) groups excluding carboxylic acids is 1. The second kappa shape index (κ2) is 6.04. The lowest BCUT2D eigenvalue weighted by molar-refractivity contribution is 0.100. The Bertz CT molecular complexity index is 746. The van der Waals surface area contributed by atoms with Gasteiger partial charge >= 0.3 is 0 Å². The Labute approximate surface area is 142 Å². The number of benzene rings is 1. The van der Waals surface area contributed by atoms with Crippen molar-refractivity contribution < 1.29 is 18.3 Å². The summed E-state index contributed by atoms with van der Waals surface area (Å²) < 4.78 is 25.0. The summed E-state index contributed by atoms with van der Waals surface area (Å²) in [7, 11) is -3.63. The Kier molecular flexibility index (Phi) is 4.34. The van der Waals surface area contributed by atoms with E-state index in [1.165, 1.54) is 38.0 Å². The molecule has 1 aromatic rings. The summed E-state index contributed by atoms with van der Waals surface area (Å²) in [5, 5.41) is 8.31. The highest BCUT2D eigenvalue weighted by atomic mass is 32.2. The van der Waals surface area contributed by atoms with Gasteiger partial charge in [-0.3, -0.25) is 4.79 Å². The maximum absolute atomic E-state index is 12.5. The Hall–Kier alpha value is -1.60. The zero-order valence-electron chi connectivity index (χ0n) is 13.9. The first-order chi connectivity index (χ1) is 11.3. The number of nitrogens with two attached hydrogens (primary N) is 1. The summed E-state index contributed by atoms with van der Waals surface area (Å²) in [6.45, 7) is 2.63. The molecule has 2 fully saturated rings. The molecule has 3 rings (SSSR count). The number of hydrogen-bond donors (Lipinski definition) is 2. The number of carbonyl (C=O) groups is 1. The van der Waals surface area contributed by atoms with Gasteiger partial charge in [-0.15, -0.1) is 0 Å². The molecule has 1 atom stereocenters. The molecule has 1 saturated carbocycles. The van der Waals surface area contributed by atoms with Crippen LogP contribution in [0, 0.1) is 5.41 Å². The van der Waals surface area contributed by atoms with E-state index < -0.39 is 27.6 Å². The number of aliphatic hydroxyl groups excluding tert-OH is 1. The van der Waals surface area contributed by atoms with Crippen LogP contribution in [0.5, 0.6) is 0 Å². The smallest absolute Gasteiger partial charge is 0.250 e. The summed E-state index contributed by atoms with van der Waals surface area (Å²) in [6, 6.07) is 4.42. The van der Waals surface area contributed by atoms with Crippen molar-refractivity contribution in [1.82, 2.24) is 0 Å². The Balaban J connectivity index is 1.96. The SMILES string of the molecule is CC(CO)S(=O)(=O)c1ccc(C(N)=O)c(N2CCC3(CC2)CC3)c1. The largest absolute Gasteiger partial charge is 0.395 e. The molecule has 132 valence electrons. The van der Waals surface area contributed by atoms with E-state index in [9.17, 15) is 18.3 Å². The molecule has 24 heavy (non-hydrogen) atoms. The van der Waals surface area contributed by atoms with Crippen molar-refractivity contribution in [2.24, 2.45) is 11.1 Å². The highest BCUT2D eigenvalue weighted by molar-refractivity contribution is 7.92. The van der Waals surface area contributed by atoms with Crippen LogP contribution in [0.2, 0.25) is 0 Å². The average Bonchev–Trinajstić information content (AvgIpc) is 3.33. The normalized spacial score (nSPS) is 20.8. The summed E-state index contributed by atoms with van der Waals surface area (Å²) in [5.41, 5.74) is 6.89. The summed E-state index contributed by atoms with van der Waals surface area (Å²) >= 11 is 0. The van der Waals surface area contributed by atoms with Crippen LogP contribution < -0.4 is 10.6 Å². The van der Waals surface area contributed by atoms with Crippen molar-refractivity contribution in [2.45, 2.75) is 42.8 Å². The van der Waals surface area contributed by atoms with E-state index in [1.807, 2.05) is 0 Å². The number of amides is 1. The molecule has 1 heterocycles. The van der Waals surface area contributed by atoms with Crippen molar-refractivity contribution in [3.8, 4) is 0 Å². The number of primary amides is 1. The molecule has 7 heteroatoms. The number of nitrogens with zero attached hydrogens (tertiary/aromatic N) is 1. The highest BCUT2D eigenvalue weighted by Crippen LogP contribution is 2.54. The topological polar surface area (TPSA) is 101 Å². The van der Waals surface area contributed by atoms with Crippen molar-refractivity contribution in [3.05, 3.63) is 23.8 Å². The minimum absolute atomic E-state index is 0.121. The summed E-state index contributed by atoms with van der Waals surface area (Å²) in [6.07, 6.45) is 4.67. The number of piperidine rings is 1. The van der Waals surface area contributed by atoms with Gasteiger partial charge in [0.2, 0.25) is 0 Å². The molecule has 1 aliphatic carbocycles. The second-order valence-corrected chi connectivity index (χ2v) is 9.43. The zero-order valence-corrected chi connectivity index (χ0v) is 14.7. The third-order valence-corrected chi connectivity index (χ3v) is 7.59. The van der Waals surface area contributed by atoms with Gasteiger partial charge < -0.3 is 15.7 Å². The lowest BCUT2D eigenvalue weighted by Crippen LogP contribution is -2.36. The molecule has 2 aliphatic rings. The molecule has 1 amide bonds. The minimum Gasteiger partial charge on any atom is -0.395 e. The van der Waals surface area contributed by atoms with Crippen molar-refractivity contribution in [1.29, 1.82) is 0 Å². The van der Waals surface area contributed by atoms with Crippen molar-refractivity contribution in [3.63, 3.8) is 0 Å². The monoisotopic (exact) mass is 352 g/mol. The van der Waals surface area contributed by atoms with Crippen LogP contribution in [-0.4, -0.2) is 44.4 Å².